The third-order valence-corrected chi connectivity index (χ3v) is 3.78. The highest BCUT2D eigenvalue weighted by molar-refractivity contribution is 4.80. The second-order valence-corrected chi connectivity index (χ2v) is 5.14. The van der Waals surface area contributed by atoms with E-state index in [0.29, 0.717) is 6.04 Å². The Morgan fingerprint density at radius 1 is 1.29 bits per heavy atom. The van der Waals surface area contributed by atoms with Crippen molar-refractivity contribution in [2.24, 2.45) is 5.92 Å². The quantitative estimate of drug-likeness (QED) is 0.702. The fourth-order valence-electron chi connectivity index (χ4n) is 2.53. The maximum Gasteiger partial charge on any atom is 0.00822 e. The van der Waals surface area contributed by atoms with Crippen LogP contribution in [0.1, 0.15) is 45.4 Å². The Morgan fingerprint density at radius 3 is 2.71 bits per heavy atom. The number of nitrogens with one attached hydrogen (secondary N) is 2. The minimum Gasteiger partial charge on any atom is -0.314 e. The van der Waals surface area contributed by atoms with Gasteiger partial charge in [0.2, 0.25) is 0 Å². The first-order valence-corrected chi connectivity index (χ1v) is 6.31. The van der Waals surface area contributed by atoms with E-state index in [0.717, 1.165) is 12.0 Å². The summed E-state index contributed by atoms with van der Waals surface area (Å²) in [5.74, 6) is 0.994. The highest BCUT2D eigenvalue weighted by Gasteiger charge is 2.20. The van der Waals surface area contributed by atoms with Gasteiger partial charge in [0.25, 0.3) is 0 Å². The molecule has 2 N–H and O–H groups in total. The van der Waals surface area contributed by atoms with Gasteiger partial charge in [-0.05, 0) is 58.0 Å². The molecule has 2 fully saturated rings. The molecule has 1 aliphatic heterocycles. The number of rotatable bonds is 5. The van der Waals surface area contributed by atoms with Crippen LogP contribution in [-0.4, -0.2) is 25.2 Å². The van der Waals surface area contributed by atoms with Crippen LogP contribution >= 0.6 is 0 Å². The Morgan fingerprint density at radius 2 is 2.14 bits per heavy atom. The first kappa shape index (κ1) is 10.4. The van der Waals surface area contributed by atoms with Gasteiger partial charge in [0.15, 0.2) is 0 Å². The maximum atomic E-state index is 3.67. The van der Waals surface area contributed by atoms with Crippen molar-refractivity contribution in [1.29, 1.82) is 0 Å². The van der Waals surface area contributed by atoms with Crippen LogP contribution in [0.15, 0.2) is 0 Å². The third-order valence-electron chi connectivity index (χ3n) is 3.78. The average molecular weight is 196 g/mol. The summed E-state index contributed by atoms with van der Waals surface area (Å²) in [6, 6.07) is 1.49. The van der Waals surface area contributed by atoms with Crippen LogP contribution in [0.2, 0.25) is 0 Å². The summed E-state index contributed by atoms with van der Waals surface area (Å²) in [4.78, 5) is 0. The van der Waals surface area contributed by atoms with E-state index in [4.69, 9.17) is 0 Å². The van der Waals surface area contributed by atoms with Gasteiger partial charge in [-0.15, -0.1) is 0 Å². The van der Waals surface area contributed by atoms with Crippen molar-refractivity contribution in [3.05, 3.63) is 0 Å². The Hall–Kier alpha value is -0.0800. The average Bonchev–Trinajstić information content (AvgIpc) is 2.54. The van der Waals surface area contributed by atoms with E-state index in [1.54, 1.807) is 0 Å². The third kappa shape index (κ3) is 2.96. The molecule has 0 amide bonds. The zero-order chi connectivity index (χ0) is 9.80. The van der Waals surface area contributed by atoms with Crippen LogP contribution in [0.4, 0.5) is 0 Å². The largest absolute Gasteiger partial charge is 0.314 e. The molecule has 0 aromatic heterocycles. The summed E-state index contributed by atoms with van der Waals surface area (Å²) in [5, 5.41) is 7.23. The highest BCUT2D eigenvalue weighted by Crippen LogP contribution is 2.25. The van der Waals surface area contributed by atoms with Crippen LogP contribution in [0, 0.1) is 5.92 Å². The standard InChI is InChI=1S/C12H24N2/c1-10(8-12-6-3-7-13-12)14-9-11-4-2-5-11/h10-14H,2-9H2,1H3. The fourth-order valence-corrected chi connectivity index (χ4v) is 2.53. The van der Waals surface area contributed by atoms with Gasteiger partial charge in [-0.1, -0.05) is 6.42 Å². The lowest BCUT2D eigenvalue weighted by Crippen LogP contribution is -2.37. The Balaban J connectivity index is 1.55. The van der Waals surface area contributed by atoms with Crippen LogP contribution < -0.4 is 10.6 Å². The molecule has 2 rings (SSSR count). The molecule has 0 spiro atoms. The molecule has 0 aromatic rings. The van der Waals surface area contributed by atoms with Crippen molar-refractivity contribution in [3.8, 4) is 0 Å². The molecule has 0 radical (unpaired) electrons. The van der Waals surface area contributed by atoms with E-state index in [9.17, 15) is 0 Å². The van der Waals surface area contributed by atoms with Gasteiger partial charge in [-0.2, -0.15) is 0 Å². The summed E-state index contributed by atoms with van der Waals surface area (Å²) in [7, 11) is 0. The molecule has 1 saturated carbocycles. The summed E-state index contributed by atoms with van der Waals surface area (Å²) < 4.78 is 0. The van der Waals surface area contributed by atoms with Gasteiger partial charge >= 0.3 is 0 Å². The zero-order valence-electron chi connectivity index (χ0n) is 9.39. The van der Waals surface area contributed by atoms with Crippen molar-refractivity contribution in [3.63, 3.8) is 0 Å². The normalized spacial score (nSPS) is 30.2. The van der Waals surface area contributed by atoms with E-state index < -0.39 is 0 Å². The lowest BCUT2D eigenvalue weighted by atomic mass is 9.85. The van der Waals surface area contributed by atoms with Gasteiger partial charge in [-0.3, -0.25) is 0 Å². The van der Waals surface area contributed by atoms with Crippen LogP contribution in [-0.2, 0) is 0 Å². The van der Waals surface area contributed by atoms with E-state index in [2.05, 4.69) is 17.6 Å². The SMILES string of the molecule is CC(CC1CCCN1)NCC1CCC1. The van der Waals surface area contributed by atoms with Crippen LogP contribution in [0.5, 0.6) is 0 Å². The maximum absolute atomic E-state index is 3.67. The topological polar surface area (TPSA) is 24.1 Å². The molecule has 2 heteroatoms. The summed E-state index contributed by atoms with van der Waals surface area (Å²) >= 11 is 0. The van der Waals surface area contributed by atoms with Crippen molar-refractivity contribution in [2.45, 2.75) is 57.5 Å². The van der Waals surface area contributed by atoms with Crippen LogP contribution in [0.3, 0.4) is 0 Å². The summed E-state index contributed by atoms with van der Waals surface area (Å²) in [5.41, 5.74) is 0. The second kappa shape index (κ2) is 5.13. The Bertz CT molecular complexity index is 160. The van der Waals surface area contributed by atoms with E-state index in [1.165, 1.54) is 51.6 Å². The molecule has 1 heterocycles. The van der Waals surface area contributed by atoms with E-state index >= 15 is 0 Å². The van der Waals surface area contributed by atoms with Gasteiger partial charge in [0.1, 0.15) is 0 Å². The predicted molar refractivity (Wildman–Crippen MR) is 60.4 cm³/mol. The van der Waals surface area contributed by atoms with Gasteiger partial charge in [-0.25, -0.2) is 0 Å². The molecule has 2 nitrogen and oxygen atoms in total. The first-order chi connectivity index (χ1) is 6.84. The lowest BCUT2D eigenvalue weighted by Gasteiger charge is -2.28. The molecule has 0 aromatic carbocycles. The molecule has 1 aliphatic carbocycles. The first-order valence-electron chi connectivity index (χ1n) is 6.31. The van der Waals surface area contributed by atoms with Gasteiger partial charge in [0, 0.05) is 12.1 Å². The molecule has 82 valence electrons. The second-order valence-electron chi connectivity index (χ2n) is 5.14. The highest BCUT2D eigenvalue weighted by atomic mass is 15.0. The monoisotopic (exact) mass is 196 g/mol. The van der Waals surface area contributed by atoms with Gasteiger partial charge < -0.3 is 10.6 Å². The number of hydrogen-bond donors (Lipinski definition) is 2. The summed E-state index contributed by atoms with van der Waals surface area (Å²) in [6.45, 7) is 4.83. The minimum absolute atomic E-state index is 0.700. The Labute approximate surface area is 87.8 Å². The Kier molecular flexibility index (Phi) is 3.82. The van der Waals surface area contributed by atoms with E-state index in [1.807, 2.05) is 0 Å². The van der Waals surface area contributed by atoms with Gasteiger partial charge in [0.05, 0.1) is 0 Å². The predicted octanol–water partition coefficient (Wildman–Crippen LogP) is 1.91. The fraction of sp³-hybridized carbons (Fsp3) is 1.00. The lowest BCUT2D eigenvalue weighted by molar-refractivity contribution is 0.285. The zero-order valence-corrected chi connectivity index (χ0v) is 9.39. The molecule has 2 unspecified atom stereocenters. The van der Waals surface area contributed by atoms with Crippen LogP contribution in [0.25, 0.3) is 0 Å². The molecular weight excluding hydrogens is 172 g/mol. The molecule has 2 atom stereocenters. The van der Waals surface area contributed by atoms with E-state index in [-0.39, 0.29) is 0 Å². The van der Waals surface area contributed by atoms with Crippen molar-refractivity contribution >= 4 is 0 Å². The molecule has 14 heavy (non-hydrogen) atoms. The summed E-state index contributed by atoms with van der Waals surface area (Å²) in [6.07, 6.45) is 8.45. The minimum atomic E-state index is 0.700. The molecular formula is C12H24N2. The molecule has 0 bridgehead atoms. The van der Waals surface area contributed by atoms with Crippen molar-refractivity contribution in [1.82, 2.24) is 10.6 Å². The molecule has 1 saturated heterocycles. The molecule has 2 aliphatic rings. The van der Waals surface area contributed by atoms with Crippen molar-refractivity contribution in [2.75, 3.05) is 13.1 Å². The smallest absolute Gasteiger partial charge is 0.00822 e. The number of hydrogen-bond acceptors (Lipinski definition) is 2. The van der Waals surface area contributed by atoms with Crippen molar-refractivity contribution < 1.29 is 0 Å².